The van der Waals surface area contributed by atoms with Gasteiger partial charge in [0.05, 0.1) is 7.11 Å². The fourth-order valence-corrected chi connectivity index (χ4v) is 3.34. The van der Waals surface area contributed by atoms with E-state index in [0.717, 1.165) is 22.2 Å². The zero-order chi connectivity index (χ0) is 23.1. The Morgan fingerprint density at radius 3 is 2.47 bits per heavy atom. The summed E-state index contributed by atoms with van der Waals surface area (Å²) < 4.78 is 10.3. The molecule has 0 saturated carbocycles. The molecule has 0 radical (unpaired) electrons. The number of hydrogen-bond donors (Lipinski definition) is 1. The summed E-state index contributed by atoms with van der Waals surface area (Å²) in [6.07, 6.45) is 5.44. The van der Waals surface area contributed by atoms with Crippen LogP contribution in [0.4, 0.5) is 4.79 Å². The lowest BCUT2D eigenvalue weighted by Crippen LogP contribution is -2.37. The van der Waals surface area contributed by atoms with Gasteiger partial charge >= 0.3 is 12.1 Å². The van der Waals surface area contributed by atoms with Gasteiger partial charge in [0.25, 0.3) is 0 Å². The van der Waals surface area contributed by atoms with Crippen LogP contribution < -0.4 is 0 Å². The van der Waals surface area contributed by atoms with Gasteiger partial charge in [-0.25, -0.2) is 9.59 Å². The normalized spacial score (nSPS) is 11.6. The lowest BCUT2D eigenvalue weighted by atomic mass is 10.1. The zero-order valence-electron chi connectivity index (χ0n) is 19.1. The van der Waals surface area contributed by atoms with E-state index in [2.05, 4.69) is 15.8 Å². The maximum atomic E-state index is 12.9. The molecule has 0 aliphatic heterocycles. The predicted octanol–water partition coefficient (Wildman–Crippen LogP) is 5.33. The number of ether oxygens (including phenoxy) is 2. The molecule has 0 saturated heterocycles. The third-order valence-electron chi connectivity index (χ3n) is 4.94. The number of carbonyl (C=O) groups is 2. The van der Waals surface area contributed by atoms with Gasteiger partial charge in [0.2, 0.25) is 0 Å². The monoisotopic (exact) mass is 434 g/mol. The van der Waals surface area contributed by atoms with Crippen LogP contribution in [-0.2, 0) is 27.2 Å². The number of H-pyrrole nitrogens is 1. The minimum absolute atomic E-state index is 0.341. The topological polar surface area (TPSA) is 71.6 Å². The summed E-state index contributed by atoms with van der Waals surface area (Å²) in [5.74, 6) is -0.401. The number of nitrogens with one attached hydrogen (secondary N) is 1. The second kappa shape index (κ2) is 10.2. The Kier molecular flexibility index (Phi) is 7.36. The number of rotatable bonds is 7. The Balaban J connectivity index is 1.73. The molecule has 168 valence electrons. The maximum Gasteiger partial charge on any atom is 0.410 e. The smallest absolute Gasteiger partial charge is 0.410 e. The molecule has 3 aromatic rings. The van der Waals surface area contributed by atoms with Gasteiger partial charge in [-0.3, -0.25) is 0 Å². The largest absolute Gasteiger partial charge is 0.466 e. The number of amides is 1. The number of methoxy groups -OCH3 is 1. The van der Waals surface area contributed by atoms with Gasteiger partial charge in [0.15, 0.2) is 0 Å². The second-order valence-electron chi connectivity index (χ2n) is 8.61. The molecular weight excluding hydrogens is 404 g/mol. The minimum atomic E-state index is -0.571. The molecule has 1 amide bonds. The molecule has 0 bridgehead atoms. The highest BCUT2D eigenvalue weighted by Gasteiger charge is 2.22. The Morgan fingerprint density at radius 1 is 1.06 bits per heavy atom. The first kappa shape index (κ1) is 23.1. The molecule has 6 heteroatoms. The third kappa shape index (κ3) is 6.48. The number of benzene rings is 2. The van der Waals surface area contributed by atoms with Gasteiger partial charge < -0.3 is 19.4 Å². The summed E-state index contributed by atoms with van der Waals surface area (Å²) in [5, 5.41) is 1.17. The minimum Gasteiger partial charge on any atom is -0.466 e. The Morgan fingerprint density at radius 2 is 1.78 bits per heavy atom. The van der Waals surface area contributed by atoms with E-state index in [1.54, 1.807) is 11.0 Å². The molecule has 1 N–H and O–H groups in total. The van der Waals surface area contributed by atoms with E-state index in [-0.39, 0.29) is 6.09 Å². The summed E-state index contributed by atoms with van der Waals surface area (Å²) in [6.45, 7) is 6.56. The number of carbonyl (C=O) groups excluding carboxylic acids is 2. The molecule has 0 aliphatic rings. The van der Waals surface area contributed by atoms with Crippen LogP contribution in [0.25, 0.3) is 17.0 Å². The van der Waals surface area contributed by atoms with E-state index in [1.165, 1.54) is 18.6 Å². The van der Waals surface area contributed by atoms with Crippen LogP contribution in [0, 0.1) is 0 Å². The van der Waals surface area contributed by atoms with E-state index >= 15 is 0 Å². The number of esters is 1. The first-order chi connectivity index (χ1) is 15.2. The van der Waals surface area contributed by atoms with Gasteiger partial charge in [0, 0.05) is 36.3 Å². The molecule has 1 aromatic heterocycles. The van der Waals surface area contributed by atoms with E-state index in [4.69, 9.17) is 4.74 Å². The number of para-hydroxylation sites is 1. The van der Waals surface area contributed by atoms with Crippen LogP contribution in [0.5, 0.6) is 0 Å². The third-order valence-corrected chi connectivity index (χ3v) is 4.94. The number of aromatic nitrogens is 1. The van der Waals surface area contributed by atoms with Crippen molar-refractivity contribution in [3.8, 4) is 0 Å². The molecule has 0 unspecified atom stereocenters. The lowest BCUT2D eigenvalue weighted by molar-refractivity contribution is -0.134. The molecule has 1 heterocycles. The van der Waals surface area contributed by atoms with E-state index in [0.29, 0.717) is 19.5 Å². The van der Waals surface area contributed by atoms with Crippen LogP contribution in [-0.4, -0.2) is 41.2 Å². The van der Waals surface area contributed by atoms with Crippen LogP contribution in [0.15, 0.2) is 60.8 Å². The fourth-order valence-electron chi connectivity index (χ4n) is 3.34. The molecule has 6 nitrogen and oxygen atoms in total. The molecular formula is C26H30N2O4. The zero-order valence-corrected chi connectivity index (χ0v) is 19.1. The average molecular weight is 435 g/mol. The van der Waals surface area contributed by atoms with Crippen LogP contribution in [0.2, 0.25) is 0 Å². The van der Waals surface area contributed by atoms with Crippen LogP contribution in [0.1, 0.15) is 37.5 Å². The van der Waals surface area contributed by atoms with E-state index in [9.17, 15) is 9.59 Å². The van der Waals surface area contributed by atoms with Crippen molar-refractivity contribution in [3.05, 3.63) is 77.5 Å². The molecule has 3 rings (SSSR count). The van der Waals surface area contributed by atoms with Crippen molar-refractivity contribution in [1.82, 2.24) is 9.88 Å². The van der Waals surface area contributed by atoms with Gasteiger partial charge in [0.1, 0.15) is 5.60 Å². The number of nitrogens with zero attached hydrogens (tertiary/aromatic N) is 1. The quantitative estimate of drug-likeness (QED) is 0.403. The highest BCUT2D eigenvalue weighted by atomic mass is 16.6. The van der Waals surface area contributed by atoms with Crippen molar-refractivity contribution in [1.29, 1.82) is 0 Å². The number of aromatic amines is 1. The van der Waals surface area contributed by atoms with Gasteiger partial charge in [-0.1, -0.05) is 42.5 Å². The fraction of sp³-hybridized carbons (Fsp3) is 0.308. The van der Waals surface area contributed by atoms with Crippen LogP contribution >= 0.6 is 0 Å². The summed E-state index contributed by atoms with van der Waals surface area (Å²) in [7, 11) is 1.34. The average Bonchev–Trinajstić information content (AvgIpc) is 3.17. The Hall–Kier alpha value is -3.54. The molecule has 2 aromatic carbocycles. The highest BCUT2D eigenvalue weighted by Crippen LogP contribution is 2.20. The highest BCUT2D eigenvalue weighted by molar-refractivity contribution is 5.87. The first-order valence-corrected chi connectivity index (χ1v) is 10.6. The summed E-state index contributed by atoms with van der Waals surface area (Å²) in [6, 6.07) is 15.8. The van der Waals surface area contributed by atoms with Gasteiger partial charge in [-0.05, 0) is 56.0 Å². The lowest BCUT2D eigenvalue weighted by Gasteiger charge is -2.27. The molecule has 0 atom stereocenters. The van der Waals surface area contributed by atoms with Crippen molar-refractivity contribution < 1.29 is 19.1 Å². The van der Waals surface area contributed by atoms with Crippen molar-refractivity contribution >= 4 is 29.0 Å². The first-order valence-electron chi connectivity index (χ1n) is 10.6. The molecule has 0 fully saturated rings. The standard InChI is InChI=1S/C26H30N2O4/c1-26(2,3)32-25(30)28(16-15-21-17-27-23-8-6-5-7-22(21)23)18-20-11-9-19(10-12-20)13-14-24(29)31-4/h5-14,17,27H,15-16,18H2,1-4H3/b14-13+. The van der Waals surface area contributed by atoms with E-state index in [1.807, 2.05) is 69.4 Å². The maximum absolute atomic E-state index is 12.9. The summed E-state index contributed by atoms with van der Waals surface area (Å²) in [5.41, 5.74) is 3.53. The van der Waals surface area contributed by atoms with Crippen LogP contribution in [0.3, 0.4) is 0 Å². The van der Waals surface area contributed by atoms with Crippen molar-refractivity contribution in [3.63, 3.8) is 0 Å². The number of fused-ring (bicyclic) bond motifs is 1. The summed E-state index contributed by atoms with van der Waals surface area (Å²) >= 11 is 0. The van der Waals surface area contributed by atoms with Crippen molar-refractivity contribution in [2.75, 3.05) is 13.7 Å². The molecule has 0 aliphatic carbocycles. The predicted molar refractivity (Wildman–Crippen MR) is 126 cm³/mol. The molecule has 0 spiro atoms. The Labute approximate surface area is 188 Å². The Bertz CT molecular complexity index is 1090. The molecule has 32 heavy (non-hydrogen) atoms. The summed E-state index contributed by atoms with van der Waals surface area (Å²) in [4.78, 5) is 29.2. The second-order valence-corrected chi connectivity index (χ2v) is 8.61. The van der Waals surface area contributed by atoms with Gasteiger partial charge in [-0.2, -0.15) is 0 Å². The van der Waals surface area contributed by atoms with Crippen molar-refractivity contribution in [2.45, 2.75) is 39.3 Å². The van der Waals surface area contributed by atoms with Gasteiger partial charge in [-0.15, -0.1) is 0 Å². The van der Waals surface area contributed by atoms with Crippen molar-refractivity contribution in [2.24, 2.45) is 0 Å². The van der Waals surface area contributed by atoms with E-state index < -0.39 is 11.6 Å². The SMILES string of the molecule is COC(=O)/C=C/c1ccc(CN(CCc2c[nH]c3ccccc23)C(=O)OC(C)(C)C)cc1. The number of hydrogen-bond acceptors (Lipinski definition) is 4.